The van der Waals surface area contributed by atoms with Gasteiger partial charge >= 0.3 is 0 Å². The maximum Gasteiger partial charge on any atom is 0.256 e. The summed E-state index contributed by atoms with van der Waals surface area (Å²) in [6.07, 6.45) is 2.35. The van der Waals surface area contributed by atoms with Crippen molar-refractivity contribution in [1.29, 1.82) is 0 Å². The van der Waals surface area contributed by atoms with Crippen molar-refractivity contribution in [2.75, 3.05) is 25.4 Å². The number of hydrogen-bond acceptors (Lipinski definition) is 3. The zero-order valence-corrected chi connectivity index (χ0v) is 11.3. The third kappa shape index (κ3) is 2.21. The highest BCUT2D eigenvalue weighted by molar-refractivity contribution is 6.01. The van der Waals surface area contributed by atoms with Crippen molar-refractivity contribution < 1.29 is 9.53 Å². The van der Waals surface area contributed by atoms with Crippen molar-refractivity contribution in [2.45, 2.75) is 31.8 Å². The van der Waals surface area contributed by atoms with E-state index in [1.165, 1.54) is 0 Å². The summed E-state index contributed by atoms with van der Waals surface area (Å²) in [5, 5.41) is 0. The van der Waals surface area contributed by atoms with Gasteiger partial charge in [-0.3, -0.25) is 4.79 Å². The molecule has 1 saturated heterocycles. The molecule has 0 aliphatic carbocycles. The van der Waals surface area contributed by atoms with E-state index in [1.807, 2.05) is 17.0 Å². The van der Waals surface area contributed by atoms with Crippen molar-refractivity contribution in [2.24, 2.45) is 0 Å². The van der Waals surface area contributed by atoms with Crippen molar-refractivity contribution in [1.82, 2.24) is 4.90 Å². The number of nitrogens with two attached hydrogens (primary N) is 1. The van der Waals surface area contributed by atoms with E-state index < -0.39 is 0 Å². The minimum Gasteiger partial charge on any atom is -0.398 e. The molecule has 0 bridgehead atoms. The van der Waals surface area contributed by atoms with Crippen LogP contribution in [-0.2, 0) is 4.74 Å². The van der Waals surface area contributed by atoms with Gasteiger partial charge in [0.1, 0.15) is 0 Å². The Kier molecular flexibility index (Phi) is 3.19. The molecule has 2 unspecified atom stereocenters. The number of carbonyl (C=O) groups excluding carboxylic acids is 1. The number of ether oxygens (including phenoxy) is 1. The number of anilines is 1. The molecule has 3 rings (SSSR count). The lowest BCUT2D eigenvalue weighted by Gasteiger charge is -2.34. The molecule has 0 aromatic heterocycles. The van der Waals surface area contributed by atoms with Gasteiger partial charge in [-0.2, -0.15) is 0 Å². The Labute approximate surface area is 113 Å². The van der Waals surface area contributed by atoms with Crippen LogP contribution in [0, 0.1) is 0 Å². The predicted octanol–water partition coefficient (Wildman–Crippen LogP) is 2.01. The Bertz CT molecular complexity index is 495. The van der Waals surface area contributed by atoms with Gasteiger partial charge in [0, 0.05) is 25.4 Å². The lowest BCUT2D eigenvalue weighted by atomic mass is 9.89. The van der Waals surface area contributed by atoms with Crippen LogP contribution in [0.3, 0.4) is 0 Å². The summed E-state index contributed by atoms with van der Waals surface area (Å²) in [7, 11) is 0. The number of nitrogens with zero attached hydrogens (tertiary/aromatic N) is 1. The fourth-order valence-electron chi connectivity index (χ4n) is 3.11. The Morgan fingerprint density at radius 2 is 2.32 bits per heavy atom. The fourth-order valence-corrected chi connectivity index (χ4v) is 3.11. The number of fused-ring (bicyclic) bond motifs is 1. The minimum absolute atomic E-state index is 0.0571. The fraction of sp³-hybridized carbons (Fsp3) is 0.533. The first-order valence-corrected chi connectivity index (χ1v) is 6.96. The average Bonchev–Trinajstić information content (AvgIpc) is 2.88. The molecule has 2 aliphatic rings. The molecule has 0 saturated carbocycles. The lowest BCUT2D eigenvalue weighted by molar-refractivity contribution is 0.0493. The van der Waals surface area contributed by atoms with Gasteiger partial charge in [-0.25, -0.2) is 0 Å². The van der Waals surface area contributed by atoms with Crippen LogP contribution in [0.1, 0.15) is 41.6 Å². The van der Waals surface area contributed by atoms with Gasteiger partial charge in [0.05, 0.1) is 11.7 Å². The number of amides is 1. The first-order chi connectivity index (χ1) is 9.16. The van der Waals surface area contributed by atoms with E-state index in [0.29, 0.717) is 23.7 Å². The molecule has 19 heavy (non-hydrogen) atoms. The van der Waals surface area contributed by atoms with Crippen LogP contribution in [0.2, 0.25) is 0 Å². The van der Waals surface area contributed by atoms with Crippen LogP contribution in [0.15, 0.2) is 18.2 Å². The summed E-state index contributed by atoms with van der Waals surface area (Å²) in [6.45, 7) is 4.42. The average molecular weight is 260 g/mol. The van der Waals surface area contributed by atoms with Gasteiger partial charge < -0.3 is 15.4 Å². The highest BCUT2D eigenvalue weighted by Crippen LogP contribution is 2.32. The first kappa shape index (κ1) is 12.5. The standard InChI is InChI=1S/C15H20N2O2/c1-10-8-17(9-11-4-3-7-19-11)15(18)14-12(10)5-2-6-13(14)16/h2,5-6,10-11H,3-4,7-9,16H2,1H3. The van der Waals surface area contributed by atoms with E-state index in [4.69, 9.17) is 10.5 Å². The molecule has 102 valence electrons. The van der Waals surface area contributed by atoms with Gasteiger partial charge in [-0.05, 0) is 30.4 Å². The zero-order valence-electron chi connectivity index (χ0n) is 11.3. The normalized spacial score (nSPS) is 26.6. The molecule has 2 N–H and O–H groups in total. The third-order valence-corrected chi connectivity index (χ3v) is 4.10. The monoisotopic (exact) mass is 260 g/mol. The number of carbonyl (C=O) groups is 1. The predicted molar refractivity (Wildman–Crippen MR) is 74.1 cm³/mol. The molecule has 0 spiro atoms. The summed E-state index contributed by atoms with van der Waals surface area (Å²) in [4.78, 5) is 14.5. The summed E-state index contributed by atoms with van der Waals surface area (Å²) >= 11 is 0. The molecular weight excluding hydrogens is 240 g/mol. The maximum absolute atomic E-state index is 12.6. The molecule has 1 fully saturated rings. The molecule has 0 radical (unpaired) electrons. The minimum atomic E-state index is 0.0571. The largest absolute Gasteiger partial charge is 0.398 e. The Balaban J connectivity index is 1.86. The number of hydrogen-bond donors (Lipinski definition) is 1. The molecule has 2 atom stereocenters. The van der Waals surface area contributed by atoms with Crippen LogP contribution < -0.4 is 5.73 Å². The van der Waals surface area contributed by atoms with Crippen molar-refractivity contribution in [3.8, 4) is 0 Å². The molecule has 2 heterocycles. The summed E-state index contributed by atoms with van der Waals surface area (Å²) in [5.41, 5.74) is 8.35. The Morgan fingerprint density at radius 3 is 3.05 bits per heavy atom. The zero-order chi connectivity index (χ0) is 13.4. The Morgan fingerprint density at radius 1 is 1.47 bits per heavy atom. The summed E-state index contributed by atoms with van der Waals surface area (Å²) < 4.78 is 5.63. The van der Waals surface area contributed by atoms with E-state index in [9.17, 15) is 4.79 Å². The van der Waals surface area contributed by atoms with Crippen molar-refractivity contribution in [3.63, 3.8) is 0 Å². The first-order valence-electron chi connectivity index (χ1n) is 6.96. The SMILES string of the molecule is CC1CN(CC2CCCO2)C(=O)c2c(N)cccc21. The van der Waals surface area contributed by atoms with Gasteiger partial charge in [0.25, 0.3) is 5.91 Å². The lowest BCUT2D eigenvalue weighted by Crippen LogP contribution is -2.43. The van der Waals surface area contributed by atoms with E-state index in [2.05, 4.69) is 6.92 Å². The van der Waals surface area contributed by atoms with Crippen molar-refractivity contribution >= 4 is 11.6 Å². The molecule has 1 aromatic rings. The number of rotatable bonds is 2. The van der Waals surface area contributed by atoms with Crippen LogP contribution in [0.4, 0.5) is 5.69 Å². The summed E-state index contributed by atoms with van der Waals surface area (Å²) in [6, 6.07) is 5.74. The molecular formula is C15H20N2O2. The second kappa shape index (κ2) is 4.85. The highest BCUT2D eigenvalue weighted by Gasteiger charge is 2.32. The smallest absolute Gasteiger partial charge is 0.256 e. The molecule has 4 heteroatoms. The highest BCUT2D eigenvalue weighted by atomic mass is 16.5. The van der Waals surface area contributed by atoms with Gasteiger partial charge in [-0.15, -0.1) is 0 Å². The van der Waals surface area contributed by atoms with E-state index in [1.54, 1.807) is 6.07 Å². The third-order valence-electron chi connectivity index (χ3n) is 4.10. The van der Waals surface area contributed by atoms with Crippen molar-refractivity contribution in [3.05, 3.63) is 29.3 Å². The van der Waals surface area contributed by atoms with Gasteiger partial charge in [-0.1, -0.05) is 19.1 Å². The quantitative estimate of drug-likeness (QED) is 0.828. The van der Waals surface area contributed by atoms with E-state index in [-0.39, 0.29) is 12.0 Å². The molecule has 1 aromatic carbocycles. The Hall–Kier alpha value is -1.55. The van der Waals surface area contributed by atoms with Crippen LogP contribution in [-0.4, -0.2) is 36.6 Å². The van der Waals surface area contributed by atoms with Crippen LogP contribution >= 0.6 is 0 Å². The van der Waals surface area contributed by atoms with E-state index in [0.717, 1.165) is 31.6 Å². The summed E-state index contributed by atoms with van der Waals surface area (Å²) in [5.74, 6) is 0.388. The number of benzene rings is 1. The second-order valence-corrected chi connectivity index (χ2v) is 5.56. The van der Waals surface area contributed by atoms with Crippen LogP contribution in [0.25, 0.3) is 0 Å². The topological polar surface area (TPSA) is 55.6 Å². The van der Waals surface area contributed by atoms with Crippen LogP contribution in [0.5, 0.6) is 0 Å². The van der Waals surface area contributed by atoms with Gasteiger partial charge in [0.15, 0.2) is 0 Å². The molecule has 4 nitrogen and oxygen atoms in total. The molecule has 1 amide bonds. The van der Waals surface area contributed by atoms with Gasteiger partial charge in [0.2, 0.25) is 0 Å². The maximum atomic E-state index is 12.6. The van der Waals surface area contributed by atoms with E-state index >= 15 is 0 Å². The number of nitrogen functional groups attached to an aromatic ring is 1. The second-order valence-electron chi connectivity index (χ2n) is 5.56. The molecule has 2 aliphatic heterocycles.